The lowest BCUT2D eigenvalue weighted by Gasteiger charge is -2.42. The van der Waals surface area contributed by atoms with E-state index in [1.165, 1.54) is 19.2 Å². The van der Waals surface area contributed by atoms with E-state index in [-0.39, 0.29) is 28.4 Å². The molecule has 0 aliphatic carbocycles. The lowest BCUT2D eigenvalue weighted by Crippen LogP contribution is -2.47. The first-order valence-electron chi connectivity index (χ1n) is 16.0. The number of benzene rings is 1. The maximum absolute atomic E-state index is 14.0. The lowest BCUT2D eigenvalue weighted by molar-refractivity contribution is -0.139. The van der Waals surface area contributed by atoms with Gasteiger partial charge in [-0.3, -0.25) is 4.79 Å². The van der Waals surface area contributed by atoms with E-state index in [4.69, 9.17) is 13.8 Å². The summed E-state index contributed by atoms with van der Waals surface area (Å²) in [6, 6.07) is 5.86. The number of rotatable bonds is 14. The third kappa shape index (κ3) is 11.0. The number of halogens is 1. The van der Waals surface area contributed by atoms with Crippen molar-refractivity contribution in [3.05, 3.63) is 47.4 Å². The van der Waals surface area contributed by atoms with Crippen molar-refractivity contribution in [1.82, 2.24) is 9.97 Å². The number of hydrogen-bond donors (Lipinski definition) is 1. The molecule has 1 heterocycles. The number of aromatic nitrogens is 2. The highest BCUT2D eigenvalue weighted by molar-refractivity contribution is 7.92. The van der Waals surface area contributed by atoms with Crippen molar-refractivity contribution >= 4 is 44.7 Å². The standard InChI is InChI=1S/C34H56FN3O6SSi2/c1-23(2)30-28(31(24-15-17-25(35)18-16-24)37-32(36-30)38(9)45(10,41)42)20-19-26(43-46(11,12)33(3,4)5)21-27(22-29(39)40)44-47(13,14)34(6,7)8/h15-20,23,26-27H,21-22H2,1-14H3,(H,39,40)/t26-,27+/m0/s1. The van der Waals surface area contributed by atoms with Crippen LogP contribution in [0.5, 0.6) is 0 Å². The maximum atomic E-state index is 14.0. The molecular weight excluding hydrogens is 654 g/mol. The van der Waals surface area contributed by atoms with Crippen LogP contribution in [0.1, 0.15) is 85.4 Å². The van der Waals surface area contributed by atoms with E-state index in [9.17, 15) is 22.7 Å². The van der Waals surface area contributed by atoms with Crippen molar-refractivity contribution in [2.24, 2.45) is 0 Å². The Morgan fingerprint density at radius 2 is 1.49 bits per heavy atom. The molecule has 264 valence electrons. The van der Waals surface area contributed by atoms with Crippen LogP contribution in [-0.4, -0.2) is 71.6 Å². The largest absolute Gasteiger partial charge is 0.481 e. The van der Waals surface area contributed by atoms with Crippen molar-refractivity contribution in [1.29, 1.82) is 0 Å². The Labute approximate surface area is 284 Å². The molecule has 0 unspecified atom stereocenters. The molecule has 1 N–H and O–H groups in total. The van der Waals surface area contributed by atoms with E-state index in [1.54, 1.807) is 12.1 Å². The van der Waals surface area contributed by atoms with Gasteiger partial charge in [0, 0.05) is 24.6 Å². The van der Waals surface area contributed by atoms with Crippen molar-refractivity contribution in [3.8, 4) is 11.3 Å². The van der Waals surface area contributed by atoms with E-state index in [2.05, 4.69) is 72.7 Å². The van der Waals surface area contributed by atoms with Gasteiger partial charge in [-0.25, -0.2) is 27.1 Å². The van der Waals surface area contributed by atoms with Gasteiger partial charge in [-0.1, -0.05) is 67.5 Å². The topological polar surface area (TPSA) is 119 Å². The van der Waals surface area contributed by atoms with Gasteiger partial charge in [0.2, 0.25) is 16.0 Å². The van der Waals surface area contributed by atoms with E-state index in [1.807, 2.05) is 26.0 Å². The minimum atomic E-state index is -3.67. The molecular formula is C34H56FN3O6SSi2. The van der Waals surface area contributed by atoms with Crippen LogP contribution in [0.3, 0.4) is 0 Å². The molecule has 1 aromatic carbocycles. The van der Waals surface area contributed by atoms with Gasteiger partial charge in [-0.2, -0.15) is 0 Å². The van der Waals surface area contributed by atoms with Crippen LogP contribution in [0, 0.1) is 5.82 Å². The van der Waals surface area contributed by atoms with Crippen LogP contribution in [0.4, 0.5) is 10.3 Å². The van der Waals surface area contributed by atoms with Crippen molar-refractivity contribution in [3.63, 3.8) is 0 Å². The number of carbonyl (C=O) groups is 1. The summed E-state index contributed by atoms with van der Waals surface area (Å²) in [5.74, 6) is -1.48. The molecule has 0 bridgehead atoms. The summed E-state index contributed by atoms with van der Waals surface area (Å²) in [6.45, 7) is 25.2. The molecule has 13 heteroatoms. The van der Waals surface area contributed by atoms with Gasteiger partial charge >= 0.3 is 5.97 Å². The second-order valence-corrected chi connectivity index (χ2v) is 27.2. The number of carboxylic acids is 1. The van der Waals surface area contributed by atoms with Crippen LogP contribution in [-0.2, 0) is 23.7 Å². The number of sulfonamides is 1. The van der Waals surface area contributed by atoms with Gasteiger partial charge in [-0.05, 0) is 66.4 Å². The molecule has 47 heavy (non-hydrogen) atoms. The molecule has 2 atom stereocenters. The molecule has 0 aliphatic rings. The second kappa shape index (κ2) is 15.0. The smallest absolute Gasteiger partial charge is 0.305 e. The Morgan fingerprint density at radius 3 is 1.94 bits per heavy atom. The average Bonchev–Trinajstić information content (AvgIpc) is 2.88. The fraction of sp³-hybridized carbons (Fsp3) is 0.618. The molecule has 0 amide bonds. The van der Waals surface area contributed by atoms with Crippen molar-refractivity contribution < 1.29 is 31.6 Å². The lowest BCUT2D eigenvalue weighted by atomic mass is 9.97. The SMILES string of the molecule is CC(C)c1nc(N(C)S(C)(=O)=O)nc(-c2ccc(F)cc2)c1C=C[C@@H](C[C@H](CC(=O)O)O[Si](C)(C)C(C)(C)C)O[Si](C)(C)C(C)(C)C. The summed E-state index contributed by atoms with van der Waals surface area (Å²) in [7, 11) is -6.97. The van der Waals surface area contributed by atoms with Gasteiger partial charge in [0.1, 0.15) is 5.82 Å². The fourth-order valence-electron chi connectivity index (χ4n) is 4.34. The zero-order chi connectivity index (χ0) is 36.3. The average molecular weight is 710 g/mol. The first-order chi connectivity index (χ1) is 21.2. The zero-order valence-corrected chi connectivity index (χ0v) is 33.5. The summed E-state index contributed by atoms with van der Waals surface area (Å²) in [4.78, 5) is 21.4. The molecule has 9 nitrogen and oxygen atoms in total. The van der Waals surface area contributed by atoms with Gasteiger partial charge in [0.05, 0.1) is 36.3 Å². The first kappa shape index (κ1) is 40.7. The van der Waals surface area contributed by atoms with Crippen LogP contribution >= 0.6 is 0 Å². The molecule has 0 spiro atoms. The second-order valence-electron chi connectivity index (χ2n) is 15.7. The Kier molecular flexibility index (Phi) is 13.0. The third-order valence-corrected chi connectivity index (χ3v) is 19.5. The van der Waals surface area contributed by atoms with E-state index in [0.717, 1.165) is 10.6 Å². The number of hydrogen-bond acceptors (Lipinski definition) is 7. The van der Waals surface area contributed by atoms with Gasteiger partial charge < -0.3 is 14.0 Å². The molecule has 2 aromatic rings. The Bertz CT molecular complexity index is 1530. The minimum absolute atomic E-state index is 0.00559. The highest BCUT2D eigenvalue weighted by atomic mass is 32.2. The highest BCUT2D eigenvalue weighted by Gasteiger charge is 2.42. The van der Waals surface area contributed by atoms with Crippen LogP contribution in [0.2, 0.25) is 36.3 Å². The van der Waals surface area contributed by atoms with Crippen LogP contribution < -0.4 is 4.31 Å². The number of anilines is 1. The molecule has 0 saturated heterocycles. The Hall–Kier alpha value is -2.46. The Balaban J connectivity index is 2.83. The van der Waals surface area contributed by atoms with Crippen LogP contribution in [0.25, 0.3) is 17.3 Å². The quantitative estimate of drug-likeness (QED) is 0.194. The summed E-state index contributed by atoms with van der Waals surface area (Å²) in [5, 5.41) is 9.63. The van der Waals surface area contributed by atoms with Gasteiger partial charge in [0.25, 0.3) is 0 Å². The van der Waals surface area contributed by atoms with E-state index in [0.29, 0.717) is 28.9 Å². The summed E-state index contributed by atoms with van der Waals surface area (Å²) >= 11 is 0. The van der Waals surface area contributed by atoms with Crippen molar-refractivity contribution in [2.45, 2.75) is 123 Å². The highest BCUT2D eigenvalue weighted by Crippen LogP contribution is 2.41. The zero-order valence-electron chi connectivity index (χ0n) is 30.7. The van der Waals surface area contributed by atoms with E-state index >= 15 is 0 Å². The van der Waals surface area contributed by atoms with Gasteiger partial charge in [-0.15, -0.1) is 0 Å². The molecule has 0 aliphatic heterocycles. The fourth-order valence-corrected chi connectivity index (χ4v) is 7.37. The molecule has 0 radical (unpaired) electrons. The van der Waals surface area contributed by atoms with E-state index < -0.39 is 50.7 Å². The number of carboxylic acid groups (broad SMARTS) is 1. The van der Waals surface area contributed by atoms with Crippen LogP contribution in [0.15, 0.2) is 30.3 Å². The minimum Gasteiger partial charge on any atom is -0.481 e. The molecule has 0 saturated carbocycles. The molecule has 1 aromatic heterocycles. The number of aliphatic carboxylic acids is 1. The molecule has 2 rings (SSSR count). The maximum Gasteiger partial charge on any atom is 0.305 e. The molecule has 0 fully saturated rings. The normalized spacial score (nSPS) is 14.9. The predicted octanol–water partition coefficient (Wildman–Crippen LogP) is 8.46. The first-order valence-corrected chi connectivity index (χ1v) is 23.7. The van der Waals surface area contributed by atoms with Gasteiger partial charge in [0.15, 0.2) is 16.6 Å². The third-order valence-electron chi connectivity index (χ3n) is 9.30. The summed E-state index contributed by atoms with van der Waals surface area (Å²) < 4.78 is 53.6. The summed E-state index contributed by atoms with van der Waals surface area (Å²) in [5.41, 5.74) is 2.27. The summed E-state index contributed by atoms with van der Waals surface area (Å²) in [6.07, 6.45) is 3.94. The predicted molar refractivity (Wildman–Crippen MR) is 195 cm³/mol. The Morgan fingerprint density at radius 1 is 0.979 bits per heavy atom. The monoisotopic (exact) mass is 709 g/mol. The van der Waals surface area contributed by atoms with Crippen molar-refractivity contribution in [2.75, 3.05) is 17.6 Å². The number of nitrogens with zero attached hydrogens (tertiary/aromatic N) is 3.